The summed E-state index contributed by atoms with van der Waals surface area (Å²) >= 11 is 0. The minimum atomic E-state index is -4.41. The lowest BCUT2D eigenvalue weighted by Gasteiger charge is -2.10. The lowest BCUT2D eigenvalue weighted by atomic mass is 10.4. The van der Waals surface area contributed by atoms with Crippen LogP contribution in [0.3, 0.4) is 0 Å². The van der Waals surface area contributed by atoms with Crippen LogP contribution in [0, 0.1) is 0 Å². The summed E-state index contributed by atoms with van der Waals surface area (Å²) in [5.41, 5.74) is 0. The Balaban J connectivity index is 3.53. The van der Waals surface area contributed by atoms with E-state index < -0.39 is 24.9 Å². The minimum absolute atomic E-state index is 0.0797. The van der Waals surface area contributed by atoms with E-state index in [4.69, 9.17) is 5.11 Å². The molecule has 0 aliphatic heterocycles. The number of aliphatic hydroxyl groups is 1. The van der Waals surface area contributed by atoms with Crippen LogP contribution < -0.4 is 10.6 Å². The Morgan fingerprint density at radius 1 is 1.46 bits per heavy atom. The van der Waals surface area contributed by atoms with Gasteiger partial charge in [0.25, 0.3) is 0 Å². The van der Waals surface area contributed by atoms with Crippen molar-refractivity contribution >= 4 is 6.03 Å². The maximum atomic E-state index is 11.5. The molecule has 0 aromatic heterocycles. The van der Waals surface area contributed by atoms with Crippen LogP contribution in [0.5, 0.6) is 0 Å². The van der Waals surface area contributed by atoms with Crippen LogP contribution in [0.4, 0.5) is 18.0 Å². The molecule has 0 saturated heterocycles. The molecule has 0 rings (SSSR count). The normalized spacial score (nSPS) is 13.6. The van der Waals surface area contributed by atoms with Crippen molar-refractivity contribution in [1.82, 2.24) is 10.6 Å². The van der Waals surface area contributed by atoms with Crippen LogP contribution in [0.25, 0.3) is 0 Å². The van der Waals surface area contributed by atoms with Gasteiger partial charge in [0, 0.05) is 6.54 Å². The van der Waals surface area contributed by atoms with Gasteiger partial charge in [0.1, 0.15) is 6.54 Å². The summed E-state index contributed by atoms with van der Waals surface area (Å²) in [5.74, 6) is 0. The molecular formula is C6H11F3N2O2. The van der Waals surface area contributed by atoms with Crippen molar-refractivity contribution < 1.29 is 23.1 Å². The molecular weight excluding hydrogens is 189 g/mol. The Kier molecular flexibility index (Phi) is 4.53. The summed E-state index contributed by atoms with van der Waals surface area (Å²) in [6.45, 7) is -0.0492. The first-order chi connectivity index (χ1) is 5.81. The van der Waals surface area contributed by atoms with Crippen LogP contribution >= 0.6 is 0 Å². The third-order valence-electron chi connectivity index (χ3n) is 1.01. The molecule has 0 bridgehead atoms. The maximum absolute atomic E-state index is 11.5. The summed E-state index contributed by atoms with van der Waals surface area (Å²) in [6.07, 6.45) is -5.20. The molecule has 0 aliphatic rings. The average molecular weight is 200 g/mol. The van der Waals surface area contributed by atoms with Crippen LogP contribution in [0.15, 0.2) is 0 Å². The number of halogens is 3. The Hall–Kier alpha value is -0.980. The number of urea groups is 1. The van der Waals surface area contributed by atoms with E-state index in [2.05, 4.69) is 5.32 Å². The second kappa shape index (κ2) is 4.90. The molecule has 3 N–H and O–H groups in total. The van der Waals surface area contributed by atoms with E-state index in [0.29, 0.717) is 0 Å². The molecule has 7 heteroatoms. The molecule has 0 fully saturated rings. The van der Waals surface area contributed by atoms with Gasteiger partial charge < -0.3 is 15.7 Å². The SMILES string of the molecule is C[C@@H](O)CNC(=O)NCC(F)(F)F. The fourth-order valence-corrected chi connectivity index (χ4v) is 0.483. The van der Waals surface area contributed by atoms with Crippen LogP contribution in [0.1, 0.15) is 6.92 Å². The van der Waals surface area contributed by atoms with Gasteiger partial charge in [-0.15, -0.1) is 0 Å². The topological polar surface area (TPSA) is 61.4 Å². The second-order valence-electron chi connectivity index (χ2n) is 2.53. The van der Waals surface area contributed by atoms with E-state index in [9.17, 15) is 18.0 Å². The van der Waals surface area contributed by atoms with Gasteiger partial charge in [-0.25, -0.2) is 4.79 Å². The van der Waals surface area contributed by atoms with E-state index in [1.165, 1.54) is 6.92 Å². The number of rotatable bonds is 3. The van der Waals surface area contributed by atoms with Crippen molar-refractivity contribution in [3.05, 3.63) is 0 Å². The van der Waals surface area contributed by atoms with Crippen molar-refractivity contribution in [2.45, 2.75) is 19.2 Å². The molecule has 0 radical (unpaired) electrons. The molecule has 0 heterocycles. The van der Waals surface area contributed by atoms with Gasteiger partial charge in [0.15, 0.2) is 0 Å². The molecule has 0 aromatic carbocycles. The van der Waals surface area contributed by atoms with E-state index in [1.807, 2.05) is 0 Å². The van der Waals surface area contributed by atoms with Gasteiger partial charge >= 0.3 is 12.2 Å². The zero-order chi connectivity index (χ0) is 10.5. The zero-order valence-electron chi connectivity index (χ0n) is 6.98. The van der Waals surface area contributed by atoms with Crippen molar-refractivity contribution in [3.63, 3.8) is 0 Å². The number of nitrogens with one attached hydrogen (secondary N) is 2. The molecule has 0 saturated carbocycles. The molecule has 0 aliphatic carbocycles. The monoisotopic (exact) mass is 200 g/mol. The van der Waals surface area contributed by atoms with Crippen LogP contribution in [-0.4, -0.2) is 36.5 Å². The van der Waals surface area contributed by atoms with Gasteiger partial charge in [0.05, 0.1) is 6.10 Å². The fraction of sp³-hybridized carbons (Fsp3) is 0.833. The van der Waals surface area contributed by atoms with E-state index in [-0.39, 0.29) is 6.54 Å². The fourth-order valence-electron chi connectivity index (χ4n) is 0.483. The van der Waals surface area contributed by atoms with Crippen molar-refractivity contribution in [2.75, 3.05) is 13.1 Å². The quantitative estimate of drug-likeness (QED) is 0.610. The smallest absolute Gasteiger partial charge is 0.392 e. The zero-order valence-corrected chi connectivity index (χ0v) is 6.98. The molecule has 13 heavy (non-hydrogen) atoms. The highest BCUT2D eigenvalue weighted by atomic mass is 19.4. The second-order valence-corrected chi connectivity index (χ2v) is 2.53. The first-order valence-corrected chi connectivity index (χ1v) is 3.58. The Morgan fingerprint density at radius 3 is 2.38 bits per heavy atom. The lowest BCUT2D eigenvalue weighted by molar-refractivity contribution is -0.122. The van der Waals surface area contributed by atoms with Gasteiger partial charge in [-0.3, -0.25) is 0 Å². The van der Waals surface area contributed by atoms with E-state index >= 15 is 0 Å². The first kappa shape index (κ1) is 12.0. The van der Waals surface area contributed by atoms with Gasteiger partial charge in [-0.05, 0) is 6.92 Å². The summed E-state index contributed by atoms with van der Waals surface area (Å²) in [6, 6.07) is -0.946. The summed E-state index contributed by atoms with van der Waals surface area (Å²) in [5, 5.41) is 12.3. The van der Waals surface area contributed by atoms with Crippen LogP contribution in [-0.2, 0) is 0 Å². The Labute approximate surface area is 73.1 Å². The molecule has 1 atom stereocenters. The third kappa shape index (κ3) is 8.93. The molecule has 2 amide bonds. The average Bonchev–Trinajstić information content (AvgIpc) is 1.95. The highest BCUT2D eigenvalue weighted by Crippen LogP contribution is 2.11. The molecule has 0 aromatic rings. The number of hydrogen-bond acceptors (Lipinski definition) is 2. The van der Waals surface area contributed by atoms with Gasteiger partial charge in [-0.2, -0.15) is 13.2 Å². The number of hydrogen-bond donors (Lipinski definition) is 3. The number of carbonyl (C=O) groups excluding carboxylic acids is 1. The maximum Gasteiger partial charge on any atom is 0.405 e. The highest BCUT2D eigenvalue weighted by molar-refractivity contribution is 5.73. The molecule has 0 spiro atoms. The standard InChI is InChI=1S/C6H11F3N2O2/c1-4(12)2-10-5(13)11-3-6(7,8)9/h4,12H,2-3H2,1H3,(H2,10,11,13)/t4-/m1/s1. The lowest BCUT2D eigenvalue weighted by Crippen LogP contribution is -2.42. The predicted octanol–water partition coefficient (Wildman–Crippen LogP) is 0.229. The summed E-state index contributed by atoms with van der Waals surface area (Å²) < 4.78 is 34.6. The summed E-state index contributed by atoms with van der Waals surface area (Å²) in [7, 11) is 0. The van der Waals surface area contributed by atoms with Crippen molar-refractivity contribution in [3.8, 4) is 0 Å². The number of alkyl halides is 3. The van der Waals surface area contributed by atoms with Gasteiger partial charge in [0.2, 0.25) is 0 Å². The number of amides is 2. The van der Waals surface area contributed by atoms with Crippen molar-refractivity contribution in [2.24, 2.45) is 0 Å². The van der Waals surface area contributed by atoms with Crippen LogP contribution in [0.2, 0.25) is 0 Å². The third-order valence-corrected chi connectivity index (χ3v) is 1.01. The van der Waals surface area contributed by atoms with E-state index in [0.717, 1.165) is 0 Å². The Morgan fingerprint density at radius 2 is 2.00 bits per heavy atom. The largest absolute Gasteiger partial charge is 0.405 e. The van der Waals surface area contributed by atoms with Crippen molar-refractivity contribution in [1.29, 1.82) is 0 Å². The van der Waals surface area contributed by atoms with E-state index in [1.54, 1.807) is 5.32 Å². The highest BCUT2D eigenvalue weighted by Gasteiger charge is 2.27. The molecule has 4 nitrogen and oxygen atoms in total. The summed E-state index contributed by atoms with van der Waals surface area (Å²) in [4.78, 5) is 10.6. The molecule has 0 unspecified atom stereocenters. The first-order valence-electron chi connectivity index (χ1n) is 3.58. The Bertz CT molecular complexity index is 170. The number of carbonyl (C=O) groups is 1. The minimum Gasteiger partial charge on any atom is -0.392 e. The van der Waals surface area contributed by atoms with Gasteiger partial charge in [-0.1, -0.05) is 0 Å². The number of aliphatic hydroxyl groups excluding tert-OH is 1. The predicted molar refractivity (Wildman–Crippen MR) is 39.1 cm³/mol. The molecule has 78 valence electrons.